The number of unbranched alkanes of at least 4 members (excludes halogenated alkanes) is 6. The molecule has 0 aliphatic carbocycles. The molecule has 144 valence electrons. The summed E-state index contributed by atoms with van der Waals surface area (Å²) in [6.07, 6.45) is 18.6. The van der Waals surface area contributed by atoms with Gasteiger partial charge in [-0.2, -0.15) is 0 Å². The van der Waals surface area contributed by atoms with Gasteiger partial charge in [0.2, 0.25) is 6.33 Å². The zero-order chi connectivity index (χ0) is 18.6. The molecule has 0 aliphatic heterocycles. The molecular weight excluding hydrogens is 316 g/mol. The summed E-state index contributed by atoms with van der Waals surface area (Å²) < 4.78 is 2.40. The van der Waals surface area contributed by atoms with Crippen molar-refractivity contribution in [2.24, 2.45) is 11.8 Å². The first-order valence-electron chi connectivity index (χ1n) is 10.8. The first kappa shape index (κ1) is 20.7. The van der Waals surface area contributed by atoms with Crippen molar-refractivity contribution in [3.8, 4) is 0 Å². The number of benzene rings is 1. The number of aromatic amines is 1. The van der Waals surface area contributed by atoms with E-state index in [9.17, 15) is 0 Å². The average Bonchev–Trinajstić information content (AvgIpc) is 3.15. The number of H-pyrrole nitrogens is 1. The van der Waals surface area contributed by atoms with E-state index in [1.807, 2.05) is 6.20 Å². The summed E-state index contributed by atoms with van der Waals surface area (Å²) in [5, 5.41) is 0. The molecular formula is C24H39N2+. The third-order valence-electron chi connectivity index (χ3n) is 5.60. The molecule has 1 N–H and O–H groups in total. The fourth-order valence-electron chi connectivity index (χ4n) is 4.29. The molecule has 26 heavy (non-hydrogen) atoms. The van der Waals surface area contributed by atoms with Crippen LogP contribution < -0.4 is 4.57 Å². The standard InChI is InChI=1S/C24H38N2/c1-4-5-6-7-8-9-13-16-23(19-22-14-11-10-12-15-22)24(21(2)3)26-18-17-25-20-26/h10-12,14-15,17-18,20-21,23-24H,4-9,13,16,19H2,1-3H3/p+1. The highest BCUT2D eigenvalue weighted by atomic mass is 15.1. The van der Waals surface area contributed by atoms with Crippen LogP contribution in [0.4, 0.5) is 0 Å². The lowest BCUT2D eigenvalue weighted by atomic mass is 9.82. The maximum Gasteiger partial charge on any atom is 0.241 e. The largest absolute Gasteiger partial charge is 0.250 e. The molecule has 2 aromatic rings. The minimum Gasteiger partial charge on any atom is -0.250 e. The molecule has 1 aromatic carbocycles. The van der Waals surface area contributed by atoms with Crippen LogP contribution in [0.1, 0.15) is 83.7 Å². The van der Waals surface area contributed by atoms with Gasteiger partial charge in [-0.1, -0.05) is 96.0 Å². The van der Waals surface area contributed by atoms with Gasteiger partial charge in [0.25, 0.3) is 0 Å². The topological polar surface area (TPSA) is 19.7 Å². The third kappa shape index (κ3) is 6.97. The van der Waals surface area contributed by atoms with E-state index in [0.717, 1.165) is 0 Å². The molecule has 0 saturated heterocycles. The minimum atomic E-state index is 0.557. The Kier molecular flexibility index (Phi) is 9.52. The normalized spacial score (nSPS) is 13.8. The molecule has 2 unspecified atom stereocenters. The van der Waals surface area contributed by atoms with Crippen LogP contribution in [0.15, 0.2) is 49.1 Å². The van der Waals surface area contributed by atoms with Gasteiger partial charge in [-0.05, 0) is 24.3 Å². The van der Waals surface area contributed by atoms with Crippen LogP contribution in [-0.2, 0) is 6.42 Å². The zero-order valence-electron chi connectivity index (χ0n) is 17.2. The number of aromatic nitrogens is 2. The highest BCUT2D eigenvalue weighted by molar-refractivity contribution is 5.15. The van der Waals surface area contributed by atoms with Crippen LogP contribution in [0.2, 0.25) is 0 Å². The summed E-state index contributed by atoms with van der Waals surface area (Å²) in [5.41, 5.74) is 1.47. The zero-order valence-corrected chi connectivity index (χ0v) is 17.2. The van der Waals surface area contributed by atoms with Crippen molar-refractivity contribution in [1.29, 1.82) is 0 Å². The summed E-state index contributed by atoms with van der Waals surface area (Å²) in [6.45, 7) is 7.03. The number of imidazole rings is 1. The van der Waals surface area contributed by atoms with Crippen LogP contribution in [0, 0.1) is 11.8 Å². The Morgan fingerprint density at radius 1 is 0.923 bits per heavy atom. The highest BCUT2D eigenvalue weighted by Gasteiger charge is 2.29. The first-order valence-corrected chi connectivity index (χ1v) is 10.8. The van der Waals surface area contributed by atoms with Gasteiger partial charge in [-0.3, -0.25) is 4.98 Å². The monoisotopic (exact) mass is 355 g/mol. The number of nitrogens with one attached hydrogen (secondary N) is 1. The van der Waals surface area contributed by atoms with Gasteiger partial charge in [0.15, 0.2) is 0 Å². The summed E-state index contributed by atoms with van der Waals surface area (Å²) in [6, 6.07) is 11.6. The van der Waals surface area contributed by atoms with E-state index in [1.165, 1.54) is 63.4 Å². The first-order chi connectivity index (χ1) is 12.7. The predicted molar refractivity (Wildman–Crippen MR) is 111 cm³/mol. The molecule has 0 radical (unpaired) electrons. The molecule has 0 amide bonds. The number of rotatable bonds is 13. The Labute approximate surface area is 161 Å². The van der Waals surface area contributed by atoms with Crippen molar-refractivity contribution < 1.29 is 4.57 Å². The Morgan fingerprint density at radius 3 is 2.23 bits per heavy atom. The van der Waals surface area contributed by atoms with E-state index >= 15 is 0 Å². The van der Waals surface area contributed by atoms with Crippen LogP contribution in [0.25, 0.3) is 0 Å². The van der Waals surface area contributed by atoms with Gasteiger partial charge in [-0.15, -0.1) is 0 Å². The molecule has 1 aromatic heterocycles. The number of hydrogen-bond acceptors (Lipinski definition) is 0. The van der Waals surface area contributed by atoms with Crippen molar-refractivity contribution >= 4 is 0 Å². The molecule has 2 rings (SSSR count). The summed E-state index contributed by atoms with van der Waals surface area (Å²) >= 11 is 0. The smallest absolute Gasteiger partial charge is 0.241 e. The second-order valence-electron chi connectivity index (χ2n) is 8.15. The molecule has 1 heterocycles. The van der Waals surface area contributed by atoms with Gasteiger partial charge in [0.05, 0.1) is 0 Å². The Balaban J connectivity index is 1.96. The van der Waals surface area contributed by atoms with Crippen LogP contribution in [-0.4, -0.2) is 4.98 Å². The minimum absolute atomic E-state index is 0.557. The maximum atomic E-state index is 3.24. The van der Waals surface area contributed by atoms with Crippen molar-refractivity contribution in [2.45, 2.75) is 84.6 Å². The van der Waals surface area contributed by atoms with Gasteiger partial charge >= 0.3 is 0 Å². The number of nitrogens with zero attached hydrogens (tertiary/aromatic N) is 1. The summed E-state index contributed by atoms with van der Waals surface area (Å²) in [4.78, 5) is 3.24. The quantitative estimate of drug-likeness (QED) is 0.312. The van der Waals surface area contributed by atoms with E-state index in [4.69, 9.17) is 0 Å². The van der Waals surface area contributed by atoms with Gasteiger partial charge in [0, 0.05) is 5.92 Å². The van der Waals surface area contributed by atoms with Gasteiger partial charge in [0.1, 0.15) is 18.4 Å². The van der Waals surface area contributed by atoms with Crippen molar-refractivity contribution in [3.63, 3.8) is 0 Å². The number of hydrogen-bond donors (Lipinski definition) is 1. The van der Waals surface area contributed by atoms with Crippen molar-refractivity contribution in [1.82, 2.24) is 4.98 Å². The molecule has 0 bridgehead atoms. The fourth-order valence-corrected chi connectivity index (χ4v) is 4.29. The van der Waals surface area contributed by atoms with Crippen molar-refractivity contribution in [2.75, 3.05) is 0 Å². The van der Waals surface area contributed by atoms with E-state index < -0.39 is 0 Å². The summed E-state index contributed by atoms with van der Waals surface area (Å²) in [7, 11) is 0. The second kappa shape index (κ2) is 11.9. The van der Waals surface area contributed by atoms with E-state index in [2.05, 4.69) is 73.2 Å². The Morgan fingerprint density at radius 2 is 1.62 bits per heavy atom. The Hall–Kier alpha value is -1.57. The molecule has 0 saturated carbocycles. The molecule has 0 aliphatic rings. The average molecular weight is 356 g/mol. The van der Waals surface area contributed by atoms with Crippen molar-refractivity contribution in [3.05, 3.63) is 54.6 Å². The lowest BCUT2D eigenvalue weighted by molar-refractivity contribution is -0.735. The highest BCUT2D eigenvalue weighted by Crippen LogP contribution is 2.29. The lowest BCUT2D eigenvalue weighted by Gasteiger charge is -2.28. The van der Waals surface area contributed by atoms with Crippen LogP contribution >= 0.6 is 0 Å². The molecule has 2 atom stereocenters. The molecule has 2 heteroatoms. The lowest BCUT2D eigenvalue weighted by Crippen LogP contribution is -2.45. The SMILES string of the molecule is CCCCCCCCCC(Cc1ccccc1)C(C(C)C)[n+]1cc[nH]c1. The Bertz CT molecular complexity index is 559. The van der Waals surface area contributed by atoms with Gasteiger partial charge in [-0.25, -0.2) is 4.57 Å². The van der Waals surface area contributed by atoms with E-state index in [-0.39, 0.29) is 0 Å². The summed E-state index contributed by atoms with van der Waals surface area (Å²) in [5.74, 6) is 1.32. The van der Waals surface area contributed by atoms with Crippen LogP contribution in [0.5, 0.6) is 0 Å². The second-order valence-corrected chi connectivity index (χ2v) is 8.15. The third-order valence-corrected chi connectivity index (χ3v) is 5.60. The van der Waals surface area contributed by atoms with E-state index in [0.29, 0.717) is 17.9 Å². The molecule has 2 nitrogen and oxygen atoms in total. The molecule has 0 spiro atoms. The predicted octanol–water partition coefficient (Wildman–Crippen LogP) is 6.50. The van der Waals surface area contributed by atoms with Gasteiger partial charge < -0.3 is 0 Å². The van der Waals surface area contributed by atoms with E-state index in [1.54, 1.807) is 0 Å². The molecule has 0 fully saturated rings. The fraction of sp³-hybridized carbons (Fsp3) is 0.625. The maximum absolute atomic E-state index is 3.24. The van der Waals surface area contributed by atoms with Crippen LogP contribution in [0.3, 0.4) is 0 Å².